The largest absolute Gasteiger partial charge is 0.493 e. The molecule has 0 spiro atoms. The van der Waals surface area contributed by atoms with Gasteiger partial charge in [0.2, 0.25) is 17.5 Å². The number of thiazole rings is 1. The molecule has 0 saturated heterocycles. The predicted octanol–water partition coefficient (Wildman–Crippen LogP) is 5.49. The molecule has 0 radical (unpaired) electrons. The Morgan fingerprint density at radius 3 is 2.29 bits per heavy atom. The molecule has 0 fully saturated rings. The standard InChI is InChI=1S/C22H21N3O4S2/c1-13-5-7-14(8-6-13)16-11-30-22(23-16)31-12-19-24-25-21(29-19)15-9-17(26-2)20(28-4)18(10-15)27-3/h5-11H,12H2,1-4H3. The van der Waals surface area contributed by atoms with E-state index in [0.717, 1.165) is 15.6 Å². The van der Waals surface area contributed by atoms with Crippen LogP contribution in [0.3, 0.4) is 0 Å². The van der Waals surface area contributed by atoms with Gasteiger partial charge in [-0.2, -0.15) is 0 Å². The number of methoxy groups -OCH3 is 3. The van der Waals surface area contributed by atoms with Gasteiger partial charge in [-0.1, -0.05) is 41.6 Å². The summed E-state index contributed by atoms with van der Waals surface area (Å²) in [5.74, 6) is 2.99. The van der Waals surface area contributed by atoms with Gasteiger partial charge in [0.15, 0.2) is 15.8 Å². The molecular weight excluding hydrogens is 434 g/mol. The van der Waals surface area contributed by atoms with Crippen LogP contribution in [-0.4, -0.2) is 36.5 Å². The van der Waals surface area contributed by atoms with E-state index in [0.29, 0.717) is 40.3 Å². The first-order valence-corrected chi connectivity index (χ1v) is 11.3. The molecule has 0 aliphatic heterocycles. The number of ether oxygens (including phenoxy) is 3. The number of rotatable bonds is 8. The van der Waals surface area contributed by atoms with Crippen molar-refractivity contribution in [3.63, 3.8) is 0 Å². The van der Waals surface area contributed by atoms with Crippen molar-refractivity contribution in [2.45, 2.75) is 17.0 Å². The average Bonchev–Trinajstić information content (AvgIpc) is 3.47. The number of hydrogen-bond acceptors (Lipinski definition) is 9. The first-order valence-electron chi connectivity index (χ1n) is 9.39. The maximum atomic E-state index is 5.85. The van der Waals surface area contributed by atoms with E-state index < -0.39 is 0 Å². The third-order valence-electron chi connectivity index (χ3n) is 4.53. The van der Waals surface area contributed by atoms with E-state index in [2.05, 4.69) is 46.8 Å². The van der Waals surface area contributed by atoms with Crippen molar-refractivity contribution in [3.05, 3.63) is 53.2 Å². The van der Waals surface area contributed by atoms with Crippen LogP contribution >= 0.6 is 23.1 Å². The lowest BCUT2D eigenvalue weighted by molar-refractivity contribution is 0.324. The molecule has 0 aliphatic rings. The topological polar surface area (TPSA) is 79.5 Å². The van der Waals surface area contributed by atoms with Crippen molar-refractivity contribution in [2.75, 3.05) is 21.3 Å². The monoisotopic (exact) mass is 455 g/mol. The van der Waals surface area contributed by atoms with Gasteiger partial charge in [-0.25, -0.2) is 4.98 Å². The summed E-state index contributed by atoms with van der Waals surface area (Å²) in [7, 11) is 4.69. The molecular formula is C22H21N3O4S2. The normalized spacial score (nSPS) is 10.8. The Morgan fingerprint density at radius 2 is 1.65 bits per heavy atom. The van der Waals surface area contributed by atoms with Crippen LogP contribution in [0, 0.1) is 6.92 Å². The molecule has 0 unspecified atom stereocenters. The van der Waals surface area contributed by atoms with Gasteiger partial charge in [-0.05, 0) is 19.1 Å². The van der Waals surface area contributed by atoms with E-state index in [1.807, 2.05) is 0 Å². The minimum absolute atomic E-state index is 0.384. The summed E-state index contributed by atoms with van der Waals surface area (Å²) in [6.07, 6.45) is 0. The van der Waals surface area contributed by atoms with Crippen LogP contribution in [0.1, 0.15) is 11.5 Å². The first kappa shape index (κ1) is 21.2. The first-order chi connectivity index (χ1) is 15.1. The molecule has 4 aromatic rings. The minimum atomic E-state index is 0.384. The lowest BCUT2D eigenvalue weighted by Gasteiger charge is -2.12. The Kier molecular flexibility index (Phi) is 6.43. The van der Waals surface area contributed by atoms with Crippen LogP contribution < -0.4 is 14.2 Å². The molecule has 0 amide bonds. The molecule has 4 rings (SSSR count). The summed E-state index contributed by atoms with van der Waals surface area (Å²) in [4.78, 5) is 4.70. The molecule has 2 heterocycles. The van der Waals surface area contributed by atoms with E-state index in [4.69, 9.17) is 23.6 Å². The highest BCUT2D eigenvalue weighted by Crippen LogP contribution is 2.41. The molecule has 0 bridgehead atoms. The number of nitrogens with zero attached hydrogens (tertiary/aromatic N) is 3. The Balaban J connectivity index is 1.47. The summed E-state index contributed by atoms with van der Waals surface area (Å²) in [6.45, 7) is 2.07. The molecule has 0 N–H and O–H groups in total. The third-order valence-corrected chi connectivity index (χ3v) is 6.53. The van der Waals surface area contributed by atoms with Crippen LogP contribution in [0.2, 0.25) is 0 Å². The number of thioether (sulfide) groups is 1. The minimum Gasteiger partial charge on any atom is -0.493 e. The summed E-state index contributed by atoms with van der Waals surface area (Å²) in [6, 6.07) is 11.9. The predicted molar refractivity (Wildman–Crippen MR) is 121 cm³/mol. The van der Waals surface area contributed by atoms with Gasteiger partial charge in [-0.3, -0.25) is 0 Å². The quantitative estimate of drug-likeness (QED) is 0.323. The molecule has 31 heavy (non-hydrogen) atoms. The highest BCUT2D eigenvalue weighted by molar-refractivity contribution is 8.00. The maximum absolute atomic E-state index is 5.85. The molecule has 7 nitrogen and oxygen atoms in total. The number of aryl methyl sites for hydroxylation is 1. The van der Waals surface area contributed by atoms with E-state index >= 15 is 0 Å². The van der Waals surface area contributed by atoms with Crippen molar-refractivity contribution >= 4 is 23.1 Å². The molecule has 2 aromatic heterocycles. The fraction of sp³-hybridized carbons (Fsp3) is 0.227. The molecule has 0 aliphatic carbocycles. The zero-order valence-electron chi connectivity index (χ0n) is 17.5. The summed E-state index contributed by atoms with van der Waals surface area (Å²) in [5.41, 5.74) is 3.99. The van der Waals surface area contributed by atoms with Gasteiger partial charge >= 0.3 is 0 Å². The van der Waals surface area contributed by atoms with Crippen LogP contribution in [0.5, 0.6) is 17.2 Å². The fourth-order valence-corrected chi connectivity index (χ4v) is 4.61. The Morgan fingerprint density at radius 1 is 0.935 bits per heavy atom. The molecule has 160 valence electrons. The lowest BCUT2D eigenvalue weighted by Crippen LogP contribution is -1.95. The van der Waals surface area contributed by atoms with E-state index in [-0.39, 0.29) is 0 Å². The molecule has 9 heteroatoms. The van der Waals surface area contributed by atoms with Gasteiger partial charge < -0.3 is 18.6 Å². The van der Waals surface area contributed by atoms with Crippen molar-refractivity contribution in [1.29, 1.82) is 0 Å². The summed E-state index contributed by atoms with van der Waals surface area (Å²) >= 11 is 3.16. The number of benzene rings is 2. The van der Waals surface area contributed by atoms with Crippen molar-refractivity contribution in [3.8, 4) is 40.0 Å². The smallest absolute Gasteiger partial charge is 0.248 e. The summed E-state index contributed by atoms with van der Waals surface area (Å²) in [5, 5.41) is 10.4. The zero-order chi connectivity index (χ0) is 21.8. The number of aromatic nitrogens is 3. The van der Waals surface area contributed by atoms with Gasteiger partial charge in [0.1, 0.15) is 0 Å². The second-order valence-corrected chi connectivity index (χ2v) is 8.65. The Labute approximate surface area is 188 Å². The van der Waals surface area contributed by atoms with Crippen LogP contribution in [0.15, 0.2) is 50.5 Å². The summed E-state index contributed by atoms with van der Waals surface area (Å²) < 4.78 is 22.9. The van der Waals surface area contributed by atoms with Crippen molar-refractivity contribution < 1.29 is 18.6 Å². The maximum Gasteiger partial charge on any atom is 0.248 e. The second-order valence-electron chi connectivity index (χ2n) is 6.57. The van der Waals surface area contributed by atoms with Crippen molar-refractivity contribution in [1.82, 2.24) is 15.2 Å². The van der Waals surface area contributed by atoms with Gasteiger partial charge in [0.25, 0.3) is 0 Å². The molecule has 0 atom stereocenters. The Bertz CT molecular complexity index is 1150. The van der Waals surface area contributed by atoms with Gasteiger partial charge in [0.05, 0.1) is 32.8 Å². The molecule has 2 aromatic carbocycles. The van der Waals surface area contributed by atoms with Gasteiger partial charge in [0, 0.05) is 16.5 Å². The van der Waals surface area contributed by atoms with E-state index in [1.165, 1.54) is 5.56 Å². The van der Waals surface area contributed by atoms with Crippen LogP contribution in [0.25, 0.3) is 22.7 Å². The lowest BCUT2D eigenvalue weighted by atomic mass is 10.1. The second kappa shape index (κ2) is 9.40. The SMILES string of the molecule is COc1cc(-c2nnc(CSc3nc(-c4ccc(C)cc4)cs3)o2)cc(OC)c1OC. The van der Waals surface area contributed by atoms with Crippen LogP contribution in [-0.2, 0) is 5.75 Å². The third kappa shape index (κ3) is 4.67. The molecule has 0 saturated carbocycles. The van der Waals surface area contributed by atoms with Crippen LogP contribution in [0.4, 0.5) is 0 Å². The van der Waals surface area contributed by atoms with E-state index in [9.17, 15) is 0 Å². The zero-order valence-corrected chi connectivity index (χ0v) is 19.2. The van der Waals surface area contributed by atoms with E-state index in [1.54, 1.807) is 56.6 Å². The van der Waals surface area contributed by atoms with Crippen molar-refractivity contribution in [2.24, 2.45) is 0 Å². The average molecular weight is 456 g/mol. The number of hydrogen-bond donors (Lipinski definition) is 0. The Hall–Kier alpha value is -3.04. The van der Waals surface area contributed by atoms with Gasteiger partial charge in [-0.15, -0.1) is 21.5 Å². The highest BCUT2D eigenvalue weighted by Gasteiger charge is 2.18. The fourth-order valence-electron chi connectivity index (χ4n) is 2.94. The highest BCUT2D eigenvalue weighted by atomic mass is 32.2.